The Balaban J connectivity index is 1.52. The quantitative estimate of drug-likeness (QED) is 0.821. The lowest BCUT2D eigenvalue weighted by Crippen LogP contribution is -2.45. The zero-order chi connectivity index (χ0) is 18.7. The Morgan fingerprint density at radius 1 is 1.19 bits per heavy atom. The van der Waals surface area contributed by atoms with E-state index in [9.17, 15) is 17.6 Å². The molecule has 0 unspecified atom stereocenters. The number of hydrogen-bond donors (Lipinski definition) is 2. The third-order valence-corrected chi connectivity index (χ3v) is 5.50. The number of carbonyl (C=O) groups is 1. The Labute approximate surface area is 151 Å². The highest BCUT2D eigenvalue weighted by Gasteiger charge is 2.29. The number of hydrogen-bond acceptors (Lipinski definition) is 4. The van der Waals surface area contributed by atoms with Gasteiger partial charge in [-0.05, 0) is 49.2 Å². The van der Waals surface area contributed by atoms with Crippen molar-refractivity contribution < 1.29 is 22.0 Å². The van der Waals surface area contributed by atoms with Gasteiger partial charge in [-0.15, -0.1) is 0 Å². The second kappa shape index (κ2) is 7.56. The third kappa shape index (κ3) is 4.48. The molecule has 9 heteroatoms. The number of nitrogens with two attached hydrogens (primary N) is 1. The molecule has 1 aliphatic heterocycles. The van der Waals surface area contributed by atoms with Gasteiger partial charge in [0.2, 0.25) is 5.91 Å². The largest absolute Gasteiger partial charge is 0.459 e. The van der Waals surface area contributed by atoms with Crippen LogP contribution in [0.2, 0.25) is 0 Å². The molecule has 0 aliphatic carbocycles. The highest BCUT2D eigenvalue weighted by Crippen LogP contribution is 2.23. The Kier molecular flexibility index (Phi) is 5.40. The Hall–Kier alpha value is -2.23. The van der Waals surface area contributed by atoms with Crippen LogP contribution in [0.15, 0.2) is 40.8 Å². The Bertz CT molecular complexity index is 872. The normalized spacial score (nSPS) is 16.5. The van der Waals surface area contributed by atoms with Gasteiger partial charge in [0.25, 0.3) is 10.2 Å². The summed E-state index contributed by atoms with van der Waals surface area (Å²) in [5.74, 6) is 0.468. The van der Waals surface area contributed by atoms with Gasteiger partial charge in [0, 0.05) is 24.6 Å². The number of halogens is 1. The molecule has 1 aromatic heterocycles. The molecule has 26 heavy (non-hydrogen) atoms. The number of rotatable bonds is 5. The number of nitrogens with one attached hydrogen (secondary N) is 1. The van der Waals surface area contributed by atoms with Crippen molar-refractivity contribution in [3.05, 3.63) is 48.0 Å². The molecule has 2 aromatic rings. The summed E-state index contributed by atoms with van der Waals surface area (Å²) in [6, 6.07) is 9.47. The molecule has 140 valence electrons. The SMILES string of the molecule is NS(=O)(=O)N1CCC(C(=O)NCc2ccc(-c3ccc(F)cc3)o2)CC1. The number of amides is 1. The first-order valence-electron chi connectivity index (χ1n) is 8.23. The van der Waals surface area contributed by atoms with Crippen LogP contribution >= 0.6 is 0 Å². The molecule has 0 spiro atoms. The summed E-state index contributed by atoms with van der Waals surface area (Å²) >= 11 is 0. The molecule has 1 amide bonds. The fourth-order valence-corrected chi connectivity index (χ4v) is 3.65. The summed E-state index contributed by atoms with van der Waals surface area (Å²) in [6.07, 6.45) is 0.864. The molecular weight excluding hydrogens is 361 g/mol. The molecule has 3 rings (SSSR count). The minimum atomic E-state index is -3.69. The van der Waals surface area contributed by atoms with Crippen LogP contribution in [-0.4, -0.2) is 31.7 Å². The number of carbonyl (C=O) groups excluding carboxylic acids is 1. The maximum atomic E-state index is 13.0. The topological polar surface area (TPSA) is 106 Å². The zero-order valence-electron chi connectivity index (χ0n) is 14.0. The van der Waals surface area contributed by atoms with E-state index in [1.807, 2.05) is 0 Å². The van der Waals surface area contributed by atoms with E-state index >= 15 is 0 Å². The third-order valence-electron chi connectivity index (χ3n) is 4.41. The molecule has 1 fully saturated rings. The molecule has 0 saturated carbocycles. The number of benzene rings is 1. The van der Waals surface area contributed by atoms with E-state index in [-0.39, 0.29) is 37.3 Å². The van der Waals surface area contributed by atoms with Crippen molar-refractivity contribution in [2.24, 2.45) is 11.1 Å². The van der Waals surface area contributed by atoms with Crippen LogP contribution in [0.1, 0.15) is 18.6 Å². The molecule has 0 atom stereocenters. The van der Waals surface area contributed by atoms with Crippen molar-refractivity contribution in [2.75, 3.05) is 13.1 Å². The van der Waals surface area contributed by atoms with E-state index in [1.165, 1.54) is 16.4 Å². The van der Waals surface area contributed by atoms with Crippen molar-refractivity contribution >= 4 is 16.1 Å². The predicted molar refractivity (Wildman–Crippen MR) is 93.4 cm³/mol. The molecule has 1 aromatic carbocycles. The molecule has 3 N–H and O–H groups in total. The highest BCUT2D eigenvalue weighted by molar-refractivity contribution is 7.86. The van der Waals surface area contributed by atoms with E-state index < -0.39 is 10.2 Å². The maximum Gasteiger partial charge on any atom is 0.276 e. The first kappa shape index (κ1) is 18.6. The number of piperidine rings is 1. The smallest absolute Gasteiger partial charge is 0.276 e. The van der Waals surface area contributed by atoms with Gasteiger partial charge in [0.15, 0.2) is 0 Å². The molecule has 7 nitrogen and oxygen atoms in total. The molecule has 0 bridgehead atoms. The maximum absolute atomic E-state index is 13.0. The van der Waals surface area contributed by atoms with Crippen LogP contribution < -0.4 is 10.5 Å². The first-order chi connectivity index (χ1) is 12.3. The van der Waals surface area contributed by atoms with Gasteiger partial charge in [-0.1, -0.05) is 0 Å². The lowest BCUT2D eigenvalue weighted by molar-refractivity contribution is -0.126. The average Bonchev–Trinajstić information content (AvgIpc) is 3.08. The van der Waals surface area contributed by atoms with E-state index in [2.05, 4.69) is 5.32 Å². The first-order valence-corrected chi connectivity index (χ1v) is 9.73. The second-order valence-electron chi connectivity index (χ2n) is 6.21. The minimum Gasteiger partial charge on any atom is -0.459 e. The van der Waals surface area contributed by atoms with Gasteiger partial charge < -0.3 is 9.73 Å². The fourth-order valence-electron chi connectivity index (χ4n) is 2.93. The second-order valence-corrected chi connectivity index (χ2v) is 7.76. The zero-order valence-corrected chi connectivity index (χ0v) is 14.8. The summed E-state index contributed by atoms with van der Waals surface area (Å²) in [4.78, 5) is 12.2. The van der Waals surface area contributed by atoms with Gasteiger partial charge >= 0.3 is 0 Å². The van der Waals surface area contributed by atoms with Gasteiger partial charge in [0.1, 0.15) is 17.3 Å². The molecule has 1 aliphatic rings. The van der Waals surface area contributed by atoms with Crippen molar-refractivity contribution in [3.63, 3.8) is 0 Å². The van der Waals surface area contributed by atoms with Crippen LogP contribution in [-0.2, 0) is 21.5 Å². The average molecular weight is 381 g/mol. The van der Waals surface area contributed by atoms with Crippen molar-refractivity contribution in [3.8, 4) is 11.3 Å². The molecule has 1 saturated heterocycles. The summed E-state index contributed by atoms with van der Waals surface area (Å²) in [5.41, 5.74) is 0.749. The predicted octanol–water partition coefficient (Wildman–Crippen LogP) is 1.62. The van der Waals surface area contributed by atoms with Crippen LogP contribution in [0.5, 0.6) is 0 Å². The van der Waals surface area contributed by atoms with Gasteiger partial charge in [-0.3, -0.25) is 4.79 Å². The standard InChI is InChI=1S/C17H20FN3O4S/c18-14-3-1-12(2-4-14)16-6-5-15(25-16)11-20-17(22)13-7-9-21(10-8-13)26(19,23)24/h1-6,13H,7-11H2,(H,20,22)(H2,19,23,24). The summed E-state index contributed by atoms with van der Waals surface area (Å²) in [7, 11) is -3.69. The minimum absolute atomic E-state index is 0.140. The lowest BCUT2D eigenvalue weighted by atomic mass is 9.97. The number of nitrogens with zero attached hydrogens (tertiary/aromatic N) is 1. The van der Waals surface area contributed by atoms with Gasteiger partial charge in [0.05, 0.1) is 6.54 Å². The number of furan rings is 1. The van der Waals surface area contributed by atoms with E-state index in [0.717, 1.165) is 5.56 Å². The van der Waals surface area contributed by atoms with Crippen molar-refractivity contribution in [1.29, 1.82) is 0 Å². The Morgan fingerprint density at radius 2 is 1.85 bits per heavy atom. The van der Waals surface area contributed by atoms with Crippen LogP contribution in [0.25, 0.3) is 11.3 Å². The molecular formula is C17H20FN3O4S. The van der Waals surface area contributed by atoms with E-state index in [4.69, 9.17) is 9.56 Å². The van der Waals surface area contributed by atoms with Crippen LogP contribution in [0.4, 0.5) is 4.39 Å². The molecule has 0 radical (unpaired) electrons. The van der Waals surface area contributed by atoms with Crippen LogP contribution in [0, 0.1) is 11.7 Å². The highest BCUT2D eigenvalue weighted by atomic mass is 32.2. The lowest BCUT2D eigenvalue weighted by Gasteiger charge is -2.28. The monoisotopic (exact) mass is 381 g/mol. The molecule has 2 heterocycles. The van der Waals surface area contributed by atoms with Crippen molar-refractivity contribution in [1.82, 2.24) is 9.62 Å². The Morgan fingerprint density at radius 3 is 2.46 bits per heavy atom. The van der Waals surface area contributed by atoms with Crippen molar-refractivity contribution in [2.45, 2.75) is 19.4 Å². The fraction of sp³-hybridized carbons (Fsp3) is 0.353. The summed E-state index contributed by atoms with van der Waals surface area (Å²) < 4.78 is 42.4. The van der Waals surface area contributed by atoms with E-state index in [1.54, 1.807) is 24.3 Å². The van der Waals surface area contributed by atoms with Gasteiger partial charge in [-0.25, -0.2) is 9.53 Å². The summed E-state index contributed by atoms with van der Waals surface area (Å²) in [6.45, 7) is 0.716. The van der Waals surface area contributed by atoms with Gasteiger partial charge in [-0.2, -0.15) is 12.7 Å². The van der Waals surface area contributed by atoms with Crippen LogP contribution in [0.3, 0.4) is 0 Å². The summed E-state index contributed by atoms with van der Waals surface area (Å²) in [5, 5.41) is 7.89. The van der Waals surface area contributed by atoms with E-state index in [0.29, 0.717) is 24.4 Å².